The van der Waals surface area contributed by atoms with E-state index in [9.17, 15) is 8.42 Å². The van der Waals surface area contributed by atoms with E-state index in [1.165, 1.54) is 4.31 Å². The Bertz CT molecular complexity index is 439. The zero-order valence-electron chi connectivity index (χ0n) is 10.2. The van der Waals surface area contributed by atoms with E-state index in [4.69, 9.17) is 0 Å². The number of nitrogens with zero attached hydrogens (tertiary/aromatic N) is 3. The van der Waals surface area contributed by atoms with Crippen molar-refractivity contribution in [1.29, 1.82) is 0 Å². The summed E-state index contributed by atoms with van der Waals surface area (Å²) in [6.07, 6.45) is 6.06. The molecule has 0 atom stereocenters. The van der Waals surface area contributed by atoms with Gasteiger partial charge >= 0.3 is 0 Å². The van der Waals surface area contributed by atoms with Crippen molar-refractivity contribution < 1.29 is 8.42 Å². The zero-order valence-corrected chi connectivity index (χ0v) is 11.1. The van der Waals surface area contributed by atoms with Gasteiger partial charge in [-0.25, -0.2) is 9.71 Å². The molecule has 1 fully saturated rings. The number of hydrogen-bond donors (Lipinski definition) is 2. The first-order valence-corrected chi connectivity index (χ1v) is 7.54. The Hall–Kier alpha value is -0.960. The SMILES string of the molecule is O=S(=O)(NCCCn1ccnc1)N1CCNCC1. The van der Waals surface area contributed by atoms with Gasteiger partial charge in [0.15, 0.2) is 0 Å². The summed E-state index contributed by atoms with van der Waals surface area (Å²) in [6, 6.07) is 0. The van der Waals surface area contributed by atoms with E-state index in [0.29, 0.717) is 19.6 Å². The fourth-order valence-electron chi connectivity index (χ4n) is 1.86. The van der Waals surface area contributed by atoms with Crippen LogP contribution >= 0.6 is 0 Å². The largest absolute Gasteiger partial charge is 0.337 e. The average molecular weight is 273 g/mol. The van der Waals surface area contributed by atoms with Gasteiger partial charge in [0.05, 0.1) is 6.33 Å². The second-order valence-electron chi connectivity index (χ2n) is 4.20. The van der Waals surface area contributed by atoms with E-state index in [1.807, 2.05) is 10.8 Å². The molecule has 2 N–H and O–H groups in total. The van der Waals surface area contributed by atoms with Crippen LogP contribution in [0.5, 0.6) is 0 Å². The smallest absolute Gasteiger partial charge is 0.279 e. The molecule has 1 saturated heterocycles. The van der Waals surface area contributed by atoms with Gasteiger partial charge in [-0.05, 0) is 6.42 Å². The molecule has 0 bridgehead atoms. The molecule has 8 heteroatoms. The third-order valence-electron chi connectivity index (χ3n) is 2.85. The Kier molecular flexibility index (Phi) is 4.70. The van der Waals surface area contributed by atoms with Crippen LogP contribution in [0.15, 0.2) is 18.7 Å². The molecule has 2 rings (SSSR count). The van der Waals surface area contributed by atoms with Crippen molar-refractivity contribution in [3.8, 4) is 0 Å². The molecule has 0 saturated carbocycles. The lowest BCUT2D eigenvalue weighted by atomic mass is 10.4. The number of nitrogens with one attached hydrogen (secondary N) is 2. The van der Waals surface area contributed by atoms with Gasteiger partial charge in [-0.15, -0.1) is 0 Å². The zero-order chi connectivity index (χ0) is 12.8. The van der Waals surface area contributed by atoms with Crippen LogP contribution in [0.25, 0.3) is 0 Å². The molecule has 0 radical (unpaired) electrons. The van der Waals surface area contributed by atoms with Gasteiger partial charge in [-0.3, -0.25) is 0 Å². The van der Waals surface area contributed by atoms with Crippen LogP contribution < -0.4 is 10.0 Å². The van der Waals surface area contributed by atoms with Crippen molar-refractivity contribution in [1.82, 2.24) is 23.9 Å². The van der Waals surface area contributed by atoms with E-state index < -0.39 is 10.2 Å². The van der Waals surface area contributed by atoms with Gasteiger partial charge in [0.25, 0.3) is 10.2 Å². The van der Waals surface area contributed by atoms with Gasteiger partial charge in [-0.2, -0.15) is 12.7 Å². The van der Waals surface area contributed by atoms with Gasteiger partial charge in [0.1, 0.15) is 0 Å². The minimum atomic E-state index is -3.31. The van der Waals surface area contributed by atoms with Crippen molar-refractivity contribution in [2.75, 3.05) is 32.7 Å². The molecule has 2 heterocycles. The van der Waals surface area contributed by atoms with E-state index in [1.54, 1.807) is 12.5 Å². The Morgan fingerprint density at radius 1 is 1.33 bits per heavy atom. The summed E-state index contributed by atoms with van der Waals surface area (Å²) in [5.41, 5.74) is 0. The van der Waals surface area contributed by atoms with Crippen LogP contribution in [0.1, 0.15) is 6.42 Å². The van der Waals surface area contributed by atoms with Gasteiger partial charge < -0.3 is 9.88 Å². The molecule has 7 nitrogen and oxygen atoms in total. The van der Waals surface area contributed by atoms with Crippen LogP contribution in [-0.4, -0.2) is 55.0 Å². The lowest BCUT2D eigenvalue weighted by Gasteiger charge is -2.26. The first-order chi connectivity index (χ1) is 8.68. The van der Waals surface area contributed by atoms with E-state index in [-0.39, 0.29) is 0 Å². The molecule has 1 aromatic rings. The van der Waals surface area contributed by atoms with Gasteiger partial charge in [0, 0.05) is 51.7 Å². The monoisotopic (exact) mass is 273 g/mol. The molecule has 1 aromatic heterocycles. The average Bonchev–Trinajstić information content (AvgIpc) is 2.89. The maximum Gasteiger partial charge on any atom is 0.279 e. The van der Waals surface area contributed by atoms with Gasteiger partial charge in [-0.1, -0.05) is 0 Å². The maximum absolute atomic E-state index is 11.9. The summed E-state index contributed by atoms with van der Waals surface area (Å²) >= 11 is 0. The lowest BCUT2D eigenvalue weighted by Crippen LogP contribution is -2.50. The highest BCUT2D eigenvalue weighted by atomic mass is 32.2. The fourth-order valence-corrected chi connectivity index (χ4v) is 3.11. The summed E-state index contributed by atoms with van der Waals surface area (Å²) < 4.78 is 29.9. The summed E-state index contributed by atoms with van der Waals surface area (Å²) in [5.74, 6) is 0. The number of imidazole rings is 1. The van der Waals surface area contributed by atoms with Crippen LogP contribution in [0.4, 0.5) is 0 Å². The summed E-state index contributed by atoms with van der Waals surface area (Å²) in [7, 11) is -3.31. The Balaban J connectivity index is 1.71. The van der Waals surface area contributed by atoms with Crippen molar-refractivity contribution in [2.24, 2.45) is 0 Å². The van der Waals surface area contributed by atoms with Crippen molar-refractivity contribution in [2.45, 2.75) is 13.0 Å². The van der Waals surface area contributed by atoms with Crippen LogP contribution in [0, 0.1) is 0 Å². The fraction of sp³-hybridized carbons (Fsp3) is 0.700. The first kappa shape index (κ1) is 13.5. The third kappa shape index (κ3) is 3.77. The molecule has 0 spiro atoms. The van der Waals surface area contributed by atoms with E-state index in [0.717, 1.165) is 26.1 Å². The Morgan fingerprint density at radius 2 is 2.11 bits per heavy atom. The normalized spacial score (nSPS) is 18.0. The van der Waals surface area contributed by atoms with E-state index >= 15 is 0 Å². The molecule has 1 aliphatic heterocycles. The van der Waals surface area contributed by atoms with Gasteiger partial charge in [0.2, 0.25) is 0 Å². The molecule has 0 aromatic carbocycles. The molecule has 18 heavy (non-hydrogen) atoms. The quantitative estimate of drug-likeness (QED) is 0.653. The summed E-state index contributed by atoms with van der Waals surface area (Å²) in [6.45, 7) is 3.73. The number of piperazine rings is 1. The second kappa shape index (κ2) is 6.28. The molecule has 0 amide bonds. The number of hydrogen-bond acceptors (Lipinski definition) is 4. The van der Waals surface area contributed by atoms with Crippen molar-refractivity contribution in [3.63, 3.8) is 0 Å². The van der Waals surface area contributed by atoms with E-state index in [2.05, 4.69) is 15.0 Å². The number of aromatic nitrogens is 2. The first-order valence-electron chi connectivity index (χ1n) is 6.10. The number of rotatable bonds is 6. The van der Waals surface area contributed by atoms with Crippen molar-refractivity contribution in [3.05, 3.63) is 18.7 Å². The Morgan fingerprint density at radius 3 is 2.78 bits per heavy atom. The lowest BCUT2D eigenvalue weighted by molar-refractivity contribution is 0.354. The predicted molar refractivity (Wildman–Crippen MR) is 68.2 cm³/mol. The highest BCUT2D eigenvalue weighted by Crippen LogP contribution is 2.00. The molecular formula is C10H19N5O2S. The van der Waals surface area contributed by atoms with Crippen LogP contribution in [0.2, 0.25) is 0 Å². The standard InChI is InChI=1S/C10H19N5O2S/c16-18(17,15-8-4-11-5-9-15)13-2-1-6-14-7-3-12-10-14/h3,7,10-11,13H,1-2,4-6,8-9H2. The predicted octanol–water partition coefficient (Wildman–Crippen LogP) is -0.987. The highest BCUT2D eigenvalue weighted by Gasteiger charge is 2.22. The highest BCUT2D eigenvalue weighted by molar-refractivity contribution is 7.87. The molecular weight excluding hydrogens is 254 g/mol. The maximum atomic E-state index is 11.9. The minimum Gasteiger partial charge on any atom is -0.337 e. The molecule has 102 valence electrons. The molecule has 1 aliphatic rings. The van der Waals surface area contributed by atoms with Crippen LogP contribution in [0.3, 0.4) is 0 Å². The summed E-state index contributed by atoms with van der Waals surface area (Å²) in [4.78, 5) is 3.93. The van der Waals surface area contributed by atoms with Crippen molar-refractivity contribution >= 4 is 10.2 Å². The summed E-state index contributed by atoms with van der Waals surface area (Å²) in [5, 5.41) is 3.13. The van der Waals surface area contributed by atoms with Crippen LogP contribution in [-0.2, 0) is 16.8 Å². The second-order valence-corrected chi connectivity index (χ2v) is 5.96. The number of aryl methyl sites for hydroxylation is 1. The third-order valence-corrected chi connectivity index (χ3v) is 4.47. The minimum absolute atomic E-state index is 0.449. The topological polar surface area (TPSA) is 79.3 Å². The Labute approximate surface area is 107 Å². The molecule has 0 unspecified atom stereocenters. The molecule has 0 aliphatic carbocycles.